The Morgan fingerprint density at radius 2 is 1.80 bits per heavy atom. The molecule has 0 spiro atoms. The fourth-order valence-electron chi connectivity index (χ4n) is 2.88. The quantitative estimate of drug-likeness (QED) is 0.868. The van der Waals surface area contributed by atoms with E-state index in [-0.39, 0.29) is 23.8 Å². The number of hydrogen-bond donors (Lipinski definition) is 1. The molecule has 1 saturated heterocycles. The van der Waals surface area contributed by atoms with Crippen molar-refractivity contribution in [2.45, 2.75) is 26.8 Å². The molecule has 2 rings (SSSR count). The number of nitrogens with zero attached hydrogens (tertiary/aromatic N) is 2. The molecule has 6 nitrogen and oxygen atoms in total. The number of benzene rings is 1. The molecule has 1 aromatic carbocycles. The molecule has 0 saturated carbocycles. The number of ether oxygens (including phenoxy) is 1. The van der Waals surface area contributed by atoms with Crippen molar-refractivity contribution in [2.24, 2.45) is 5.92 Å². The summed E-state index contributed by atoms with van der Waals surface area (Å²) in [6.45, 7) is 8.34. The summed E-state index contributed by atoms with van der Waals surface area (Å²) in [4.78, 5) is 28.6. The third-order valence-electron chi connectivity index (χ3n) is 4.47. The van der Waals surface area contributed by atoms with Crippen molar-refractivity contribution in [2.75, 3.05) is 38.6 Å². The standard InChI is InChI=1S/C18H26ClN3O3/c1-12(2)18(24)22-9-7-21(8-10-22)13(3)17(23)20-15-11-14(19)5-6-16(15)25-4/h5-6,11-13H,7-10H2,1-4H3,(H,20,23). The fourth-order valence-corrected chi connectivity index (χ4v) is 3.05. The molecule has 1 N–H and O–H groups in total. The summed E-state index contributed by atoms with van der Waals surface area (Å²) in [5, 5.41) is 3.41. The minimum Gasteiger partial charge on any atom is -0.495 e. The van der Waals surface area contributed by atoms with Crippen molar-refractivity contribution < 1.29 is 14.3 Å². The normalized spacial score (nSPS) is 16.6. The molecule has 1 atom stereocenters. The van der Waals surface area contributed by atoms with E-state index in [1.54, 1.807) is 25.3 Å². The van der Waals surface area contributed by atoms with Gasteiger partial charge in [-0.2, -0.15) is 0 Å². The zero-order valence-corrected chi connectivity index (χ0v) is 16.0. The molecule has 1 unspecified atom stereocenters. The van der Waals surface area contributed by atoms with Crippen molar-refractivity contribution in [3.8, 4) is 5.75 Å². The molecule has 138 valence electrons. The Kier molecular flexibility index (Phi) is 6.67. The van der Waals surface area contributed by atoms with Gasteiger partial charge in [0.1, 0.15) is 5.75 Å². The number of piperazine rings is 1. The van der Waals surface area contributed by atoms with Crippen LogP contribution in [0, 0.1) is 5.92 Å². The van der Waals surface area contributed by atoms with Crippen molar-refractivity contribution in [1.29, 1.82) is 0 Å². The smallest absolute Gasteiger partial charge is 0.241 e. The van der Waals surface area contributed by atoms with Crippen molar-refractivity contribution in [3.63, 3.8) is 0 Å². The van der Waals surface area contributed by atoms with Gasteiger partial charge in [0.05, 0.1) is 18.8 Å². The number of amides is 2. The van der Waals surface area contributed by atoms with Gasteiger partial charge in [-0.1, -0.05) is 25.4 Å². The molecule has 1 aromatic rings. The maximum absolute atomic E-state index is 12.6. The highest BCUT2D eigenvalue weighted by Gasteiger charge is 2.28. The highest BCUT2D eigenvalue weighted by molar-refractivity contribution is 6.31. The predicted octanol–water partition coefficient (Wildman–Crippen LogP) is 2.48. The Bertz CT molecular complexity index is 628. The molecule has 0 radical (unpaired) electrons. The first kappa shape index (κ1) is 19.5. The molecule has 1 aliphatic heterocycles. The average molecular weight is 368 g/mol. The van der Waals surface area contributed by atoms with E-state index in [0.29, 0.717) is 42.6 Å². The van der Waals surface area contributed by atoms with E-state index in [0.717, 1.165) is 0 Å². The second-order valence-electron chi connectivity index (χ2n) is 6.53. The third kappa shape index (κ3) is 4.86. The molecule has 7 heteroatoms. The summed E-state index contributed by atoms with van der Waals surface area (Å²) < 4.78 is 5.26. The molecule has 25 heavy (non-hydrogen) atoms. The minimum atomic E-state index is -0.306. The summed E-state index contributed by atoms with van der Waals surface area (Å²) in [5.74, 6) is 0.615. The minimum absolute atomic E-state index is 0.00238. The van der Waals surface area contributed by atoms with Gasteiger partial charge in [0, 0.05) is 37.1 Å². The van der Waals surface area contributed by atoms with Crippen LogP contribution in [0.5, 0.6) is 5.75 Å². The van der Waals surface area contributed by atoms with Gasteiger partial charge in [-0.05, 0) is 25.1 Å². The molecule has 2 amide bonds. The number of halogens is 1. The number of carbonyl (C=O) groups excluding carboxylic acids is 2. The highest BCUT2D eigenvalue weighted by atomic mass is 35.5. The Balaban J connectivity index is 1.95. The molecular weight excluding hydrogens is 342 g/mol. The average Bonchev–Trinajstić information content (AvgIpc) is 2.60. The Morgan fingerprint density at radius 1 is 1.16 bits per heavy atom. The number of hydrogen-bond acceptors (Lipinski definition) is 4. The molecule has 0 aromatic heterocycles. The number of anilines is 1. The van der Waals surface area contributed by atoms with E-state index >= 15 is 0 Å². The predicted molar refractivity (Wildman–Crippen MR) is 99.1 cm³/mol. The van der Waals surface area contributed by atoms with Crippen LogP contribution >= 0.6 is 11.6 Å². The second-order valence-corrected chi connectivity index (χ2v) is 6.96. The van der Waals surface area contributed by atoms with Gasteiger partial charge >= 0.3 is 0 Å². The fraction of sp³-hybridized carbons (Fsp3) is 0.556. The molecule has 1 aliphatic rings. The largest absolute Gasteiger partial charge is 0.495 e. The molecule has 0 bridgehead atoms. The first-order valence-corrected chi connectivity index (χ1v) is 8.88. The number of rotatable bonds is 5. The van der Waals surface area contributed by atoms with Crippen LogP contribution in [-0.4, -0.2) is 60.9 Å². The lowest BCUT2D eigenvalue weighted by molar-refractivity contribution is -0.136. The van der Waals surface area contributed by atoms with Crippen LogP contribution < -0.4 is 10.1 Å². The van der Waals surface area contributed by atoms with Crippen molar-refractivity contribution >= 4 is 29.1 Å². The van der Waals surface area contributed by atoms with E-state index in [1.165, 1.54) is 0 Å². The van der Waals surface area contributed by atoms with E-state index in [4.69, 9.17) is 16.3 Å². The summed E-state index contributed by atoms with van der Waals surface area (Å²) >= 11 is 6.00. The van der Waals surface area contributed by atoms with E-state index < -0.39 is 0 Å². The van der Waals surface area contributed by atoms with Crippen LogP contribution in [0.2, 0.25) is 5.02 Å². The van der Waals surface area contributed by atoms with Gasteiger partial charge in [0.15, 0.2) is 0 Å². The van der Waals surface area contributed by atoms with Gasteiger partial charge in [-0.15, -0.1) is 0 Å². The van der Waals surface area contributed by atoms with Gasteiger partial charge in [0.2, 0.25) is 11.8 Å². The third-order valence-corrected chi connectivity index (χ3v) is 4.70. The zero-order chi connectivity index (χ0) is 18.6. The van der Waals surface area contributed by atoms with Crippen LogP contribution in [0.4, 0.5) is 5.69 Å². The Morgan fingerprint density at radius 3 is 2.36 bits per heavy atom. The van der Waals surface area contributed by atoms with Gasteiger partial charge in [-0.3, -0.25) is 14.5 Å². The first-order chi connectivity index (χ1) is 11.8. The number of nitrogens with one attached hydrogen (secondary N) is 1. The Labute approximate surface area is 154 Å². The van der Waals surface area contributed by atoms with E-state index in [2.05, 4.69) is 10.2 Å². The molecule has 1 heterocycles. The topological polar surface area (TPSA) is 61.9 Å². The molecule has 0 aliphatic carbocycles. The summed E-state index contributed by atoms with van der Waals surface area (Å²) in [6.07, 6.45) is 0. The van der Waals surface area contributed by atoms with Gasteiger partial charge < -0.3 is 15.0 Å². The highest BCUT2D eigenvalue weighted by Crippen LogP contribution is 2.28. The first-order valence-electron chi connectivity index (χ1n) is 8.50. The lowest BCUT2D eigenvalue weighted by Crippen LogP contribution is -2.54. The van der Waals surface area contributed by atoms with Crippen LogP contribution in [0.15, 0.2) is 18.2 Å². The zero-order valence-electron chi connectivity index (χ0n) is 15.2. The van der Waals surface area contributed by atoms with Crippen molar-refractivity contribution in [3.05, 3.63) is 23.2 Å². The van der Waals surface area contributed by atoms with Crippen LogP contribution in [-0.2, 0) is 9.59 Å². The van der Waals surface area contributed by atoms with Gasteiger partial charge in [-0.25, -0.2) is 0 Å². The second kappa shape index (κ2) is 8.54. The lowest BCUT2D eigenvalue weighted by atomic mass is 10.1. The SMILES string of the molecule is COc1ccc(Cl)cc1NC(=O)C(C)N1CCN(C(=O)C(C)C)CC1. The lowest BCUT2D eigenvalue weighted by Gasteiger charge is -2.38. The number of carbonyl (C=O) groups is 2. The summed E-state index contributed by atoms with van der Waals surface area (Å²) in [6, 6.07) is 4.80. The number of methoxy groups -OCH3 is 1. The van der Waals surface area contributed by atoms with Gasteiger partial charge in [0.25, 0.3) is 0 Å². The van der Waals surface area contributed by atoms with Crippen LogP contribution in [0.25, 0.3) is 0 Å². The summed E-state index contributed by atoms with van der Waals surface area (Å²) in [5.41, 5.74) is 0.556. The van der Waals surface area contributed by atoms with Crippen LogP contribution in [0.3, 0.4) is 0 Å². The van der Waals surface area contributed by atoms with E-state index in [9.17, 15) is 9.59 Å². The molecular formula is C18H26ClN3O3. The Hall–Kier alpha value is -1.79. The molecule has 1 fully saturated rings. The van der Waals surface area contributed by atoms with E-state index in [1.807, 2.05) is 25.7 Å². The summed E-state index contributed by atoms with van der Waals surface area (Å²) in [7, 11) is 1.55. The van der Waals surface area contributed by atoms with Crippen LogP contribution in [0.1, 0.15) is 20.8 Å². The maximum Gasteiger partial charge on any atom is 0.241 e. The van der Waals surface area contributed by atoms with Crippen molar-refractivity contribution in [1.82, 2.24) is 9.80 Å². The maximum atomic E-state index is 12.6. The monoisotopic (exact) mass is 367 g/mol.